The Bertz CT molecular complexity index is 213. The molecule has 0 spiro atoms. The number of hydrogen-bond donors (Lipinski definition) is 1. The lowest BCUT2D eigenvalue weighted by molar-refractivity contribution is -0.0837. The van der Waals surface area contributed by atoms with Crippen molar-refractivity contribution in [3.8, 4) is 0 Å². The number of methoxy groups -OCH3 is 2. The van der Waals surface area contributed by atoms with Crippen molar-refractivity contribution in [2.24, 2.45) is 0 Å². The molecule has 2 aliphatic heterocycles. The van der Waals surface area contributed by atoms with Crippen LogP contribution < -0.4 is 0 Å². The highest BCUT2D eigenvalue weighted by Gasteiger charge is 2.67. The monoisotopic (exact) mass is 220 g/mol. The zero-order chi connectivity index (χ0) is 10.4. The molecular formula is C9H16O4S. The second-order valence-electron chi connectivity index (χ2n) is 3.87. The average molecular weight is 220 g/mol. The van der Waals surface area contributed by atoms with E-state index in [9.17, 15) is 0 Å². The Morgan fingerprint density at radius 3 is 2.29 bits per heavy atom. The van der Waals surface area contributed by atoms with Gasteiger partial charge in [-0.25, -0.2) is 0 Å². The van der Waals surface area contributed by atoms with Gasteiger partial charge >= 0.3 is 0 Å². The molecule has 4 atom stereocenters. The molecule has 0 aromatic rings. The number of rotatable bonds is 2. The fourth-order valence-corrected chi connectivity index (χ4v) is 2.69. The van der Waals surface area contributed by atoms with Crippen LogP contribution in [0.1, 0.15) is 6.92 Å². The predicted molar refractivity (Wildman–Crippen MR) is 53.6 cm³/mol. The van der Waals surface area contributed by atoms with E-state index in [0.717, 1.165) is 0 Å². The van der Waals surface area contributed by atoms with Crippen LogP contribution in [0.15, 0.2) is 0 Å². The Hall–Kier alpha value is 0.190. The van der Waals surface area contributed by atoms with Crippen LogP contribution in [0.3, 0.4) is 0 Å². The van der Waals surface area contributed by atoms with Crippen LogP contribution in [0.5, 0.6) is 0 Å². The third-order valence-corrected chi connectivity index (χ3v) is 4.18. The van der Waals surface area contributed by atoms with Gasteiger partial charge in [-0.15, -0.1) is 12.6 Å². The first-order chi connectivity index (χ1) is 6.58. The Morgan fingerprint density at radius 1 is 1.14 bits per heavy atom. The topological polar surface area (TPSA) is 36.9 Å². The number of ether oxygens (including phenoxy) is 4. The third-order valence-electron chi connectivity index (χ3n) is 3.32. The summed E-state index contributed by atoms with van der Waals surface area (Å²) in [5.41, 5.74) is -0.522. The van der Waals surface area contributed by atoms with E-state index in [1.165, 1.54) is 0 Å². The smallest absolute Gasteiger partial charge is 0.170 e. The van der Waals surface area contributed by atoms with Gasteiger partial charge in [0.15, 0.2) is 4.93 Å². The van der Waals surface area contributed by atoms with Crippen molar-refractivity contribution < 1.29 is 18.9 Å². The normalized spacial score (nSPS) is 52.3. The summed E-state index contributed by atoms with van der Waals surface area (Å²) in [6, 6.07) is 0. The van der Waals surface area contributed by atoms with Crippen molar-refractivity contribution in [1.29, 1.82) is 0 Å². The summed E-state index contributed by atoms with van der Waals surface area (Å²) in [6.45, 7) is 2.95. The molecule has 0 N–H and O–H groups in total. The van der Waals surface area contributed by atoms with Crippen molar-refractivity contribution in [2.45, 2.75) is 29.7 Å². The summed E-state index contributed by atoms with van der Waals surface area (Å²) in [5, 5.41) is 0. The molecule has 0 radical (unpaired) electrons. The predicted octanol–water partition coefficient (Wildman–Crippen LogP) is 0.462. The molecule has 0 bridgehead atoms. The summed E-state index contributed by atoms with van der Waals surface area (Å²) >= 11 is 4.56. The summed E-state index contributed by atoms with van der Waals surface area (Å²) < 4.78 is 22.0. The van der Waals surface area contributed by atoms with Gasteiger partial charge in [0.1, 0.15) is 17.8 Å². The minimum atomic E-state index is -0.692. The molecule has 5 heteroatoms. The van der Waals surface area contributed by atoms with Crippen LogP contribution in [0.2, 0.25) is 0 Å². The summed E-state index contributed by atoms with van der Waals surface area (Å²) in [5.74, 6) is 0. The quantitative estimate of drug-likeness (QED) is 0.686. The first-order valence-corrected chi connectivity index (χ1v) is 5.09. The van der Waals surface area contributed by atoms with Gasteiger partial charge in [0.2, 0.25) is 0 Å². The maximum atomic E-state index is 5.72. The van der Waals surface area contributed by atoms with Crippen LogP contribution in [0.4, 0.5) is 0 Å². The molecule has 82 valence electrons. The Kier molecular flexibility index (Phi) is 2.56. The Labute approximate surface area is 89.3 Å². The lowest BCUT2D eigenvalue weighted by Crippen LogP contribution is -2.52. The van der Waals surface area contributed by atoms with Gasteiger partial charge < -0.3 is 18.9 Å². The number of thiol groups is 1. The highest BCUT2D eigenvalue weighted by Crippen LogP contribution is 2.50. The van der Waals surface area contributed by atoms with Gasteiger partial charge in [0.25, 0.3) is 0 Å². The standard InChI is InChI=1S/C9H16O4S/c1-8-6(10-2)4-13-9(8,14)7(11-3)5-12-8/h6-7,14H,4-5H2,1-3H3/t6-,7-,8-,9+/m1/s1. The van der Waals surface area contributed by atoms with Crippen molar-refractivity contribution >= 4 is 12.6 Å². The molecule has 0 unspecified atom stereocenters. The third kappa shape index (κ3) is 1.10. The van der Waals surface area contributed by atoms with Crippen LogP contribution in [0.25, 0.3) is 0 Å². The molecule has 2 fully saturated rings. The van der Waals surface area contributed by atoms with Gasteiger partial charge in [-0.05, 0) is 6.92 Å². The first-order valence-electron chi connectivity index (χ1n) is 4.64. The summed E-state index contributed by atoms with van der Waals surface area (Å²) in [4.78, 5) is -0.692. The second kappa shape index (κ2) is 3.35. The molecule has 2 rings (SSSR count). The summed E-state index contributed by atoms with van der Waals surface area (Å²) in [6.07, 6.45) is -0.226. The largest absolute Gasteiger partial charge is 0.376 e. The van der Waals surface area contributed by atoms with Gasteiger partial charge in [-0.1, -0.05) is 0 Å². The second-order valence-corrected chi connectivity index (χ2v) is 4.54. The molecule has 4 nitrogen and oxygen atoms in total. The van der Waals surface area contributed by atoms with Crippen LogP contribution in [0, 0.1) is 0 Å². The van der Waals surface area contributed by atoms with Crippen LogP contribution in [-0.4, -0.2) is 50.2 Å². The van der Waals surface area contributed by atoms with E-state index in [0.29, 0.717) is 13.2 Å². The van der Waals surface area contributed by atoms with E-state index in [1.807, 2.05) is 6.92 Å². The van der Waals surface area contributed by atoms with E-state index in [4.69, 9.17) is 18.9 Å². The number of fused-ring (bicyclic) bond motifs is 1. The van der Waals surface area contributed by atoms with Gasteiger partial charge in [-0.3, -0.25) is 0 Å². The summed E-state index contributed by atoms with van der Waals surface area (Å²) in [7, 11) is 3.30. The Balaban J connectivity index is 2.29. The van der Waals surface area contributed by atoms with Gasteiger partial charge in [0.05, 0.1) is 13.2 Å². The lowest BCUT2D eigenvalue weighted by Gasteiger charge is -2.34. The SMILES string of the molecule is CO[C@@H]1CO[C@]2(S)[C@H](OC)CO[C@]12C. The maximum absolute atomic E-state index is 5.72. The zero-order valence-corrected chi connectivity index (χ0v) is 9.54. The van der Waals surface area contributed by atoms with Crippen molar-refractivity contribution in [2.75, 3.05) is 27.4 Å². The van der Waals surface area contributed by atoms with Crippen molar-refractivity contribution in [3.63, 3.8) is 0 Å². The fraction of sp³-hybridized carbons (Fsp3) is 1.00. The molecule has 0 aromatic heterocycles. The zero-order valence-electron chi connectivity index (χ0n) is 8.65. The van der Waals surface area contributed by atoms with Crippen LogP contribution >= 0.6 is 12.6 Å². The minimum absolute atomic E-state index is 0.0832. The molecule has 0 aliphatic carbocycles. The van der Waals surface area contributed by atoms with E-state index < -0.39 is 10.5 Å². The van der Waals surface area contributed by atoms with E-state index in [2.05, 4.69) is 12.6 Å². The number of hydrogen-bond acceptors (Lipinski definition) is 5. The molecule has 0 amide bonds. The van der Waals surface area contributed by atoms with E-state index in [-0.39, 0.29) is 12.2 Å². The van der Waals surface area contributed by atoms with Gasteiger partial charge in [-0.2, -0.15) is 0 Å². The van der Waals surface area contributed by atoms with Gasteiger partial charge in [0, 0.05) is 14.2 Å². The van der Waals surface area contributed by atoms with E-state index in [1.54, 1.807) is 14.2 Å². The molecular weight excluding hydrogens is 204 g/mol. The molecule has 0 saturated carbocycles. The molecule has 2 heterocycles. The first kappa shape index (κ1) is 10.7. The highest BCUT2D eigenvalue weighted by molar-refractivity contribution is 7.81. The van der Waals surface area contributed by atoms with Crippen LogP contribution in [-0.2, 0) is 18.9 Å². The Morgan fingerprint density at radius 2 is 1.71 bits per heavy atom. The average Bonchev–Trinajstić information content (AvgIpc) is 2.55. The maximum Gasteiger partial charge on any atom is 0.170 e. The van der Waals surface area contributed by atoms with E-state index >= 15 is 0 Å². The van der Waals surface area contributed by atoms with Crippen molar-refractivity contribution in [3.05, 3.63) is 0 Å². The van der Waals surface area contributed by atoms with Crippen molar-refractivity contribution in [1.82, 2.24) is 0 Å². The fourth-order valence-electron chi connectivity index (χ4n) is 2.23. The highest BCUT2D eigenvalue weighted by atomic mass is 32.1. The molecule has 0 aromatic carbocycles. The lowest BCUT2D eigenvalue weighted by atomic mass is 9.94. The molecule has 2 aliphatic rings. The molecule has 2 saturated heterocycles. The molecule has 14 heavy (non-hydrogen) atoms. The minimum Gasteiger partial charge on any atom is -0.376 e.